The average molecular weight is 292 g/mol. The minimum absolute atomic E-state index is 0.213. The smallest absolute Gasteiger partial charge is 0.303 e. The topological polar surface area (TPSA) is 126 Å². The molecule has 2 aliphatic rings. The minimum Gasteiger partial charge on any atom is -0.456 e. The summed E-state index contributed by atoms with van der Waals surface area (Å²) in [5, 5.41) is 41.3. The standard InChI is InChI=1S/C12H20O8/c1-6(13)20-10(2)4-7(14)11(16)5-8(15)19-9(18-3)12(10,11)17/h7-9,14-17H,4-5H2,1-3H3/t7-,8-,9-,10+,11-,12+/m1/s1. The molecular formula is C12H20O8. The second-order valence-electron chi connectivity index (χ2n) is 5.60. The van der Waals surface area contributed by atoms with E-state index in [9.17, 15) is 25.2 Å². The first-order valence-electron chi connectivity index (χ1n) is 6.29. The fraction of sp³-hybridized carbons (Fsp3) is 0.917. The third-order valence-electron chi connectivity index (χ3n) is 4.29. The van der Waals surface area contributed by atoms with Crippen LogP contribution < -0.4 is 0 Å². The molecule has 0 aromatic heterocycles. The molecule has 1 saturated heterocycles. The van der Waals surface area contributed by atoms with E-state index in [1.807, 2.05) is 0 Å². The average Bonchev–Trinajstić information content (AvgIpc) is 2.45. The van der Waals surface area contributed by atoms with Gasteiger partial charge >= 0.3 is 5.97 Å². The predicted octanol–water partition coefficient (Wildman–Crippen LogP) is -1.75. The zero-order chi connectivity index (χ0) is 15.3. The summed E-state index contributed by atoms with van der Waals surface area (Å²) < 4.78 is 15.2. The summed E-state index contributed by atoms with van der Waals surface area (Å²) in [6.45, 7) is 2.53. The second kappa shape index (κ2) is 4.62. The summed E-state index contributed by atoms with van der Waals surface area (Å²) in [5.41, 5.74) is -5.94. The number of hydrogen-bond donors (Lipinski definition) is 4. The van der Waals surface area contributed by atoms with Crippen LogP contribution in [0.1, 0.15) is 26.7 Å². The summed E-state index contributed by atoms with van der Waals surface area (Å²) in [4.78, 5) is 11.3. The Morgan fingerprint density at radius 3 is 2.40 bits per heavy atom. The van der Waals surface area contributed by atoms with Gasteiger partial charge in [-0.3, -0.25) is 4.79 Å². The van der Waals surface area contributed by atoms with E-state index in [1.165, 1.54) is 14.0 Å². The van der Waals surface area contributed by atoms with Crippen LogP contribution >= 0.6 is 0 Å². The molecule has 1 heterocycles. The summed E-state index contributed by atoms with van der Waals surface area (Å²) in [7, 11) is 1.21. The molecule has 0 aromatic carbocycles. The Morgan fingerprint density at radius 1 is 1.30 bits per heavy atom. The van der Waals surface area contributed by atoms with E-state index in [1.54, 1.807) is 0 Å². The lowest BCUT2D eigenvalue weighted by atomic mass is 9.74. The summed E-state index contributed by atoms with van der Waals surface area (Å²) in [5.74, 6) is -0.682. The van der Waals surface area contributed by atoms with Crippen molar-refractivity contribution in [1.82, 2.24) is 0 Å². The van der Waals surface area contributed by atoms with Gasteiger partial charge in [-0.15, -0.1) is 0 Å². The number of carbonyl (C=O) groups is 1. The van der Waals surface area contributed by atoms with Crippen LogP contribution in [0.4, 0.5) is 0 Å². The van der Waals surface area contributed by atoms with Gasteiger partial charge in [-0.1, -0.05) is 0 Å². The lowest BCUT2D eigenvalue weighted by molar-refractivity contribution is -0.389. The summed E-state index contributed by atoms with van der Waals surface area (Å²) in [6.07, 6.45) is -4.93. The number of hydrogen-bond acceptors (Lipinski definition) is 8. The van der Waals surface area contributed by atoms with Crippen LogP contribution in [0.5, 0.6) is 0 Å². The highest BCUT2D eigenvalue weighted by molar-refractivity contribution is 5.67. The molecule has 0 spiro atoms. The summed E-state index contributed by atoms with van der Waals surface area (Å²) in [6, 6.07) is 0. The SMILES string of the molecule is CO[C@@H]1O[C@@H](O)C[C@@]2(O)[C@H](O)C[C@](C)(OC(C)=O)[C@@]12O. The van der Waals surface area contributed by atoms with Crippen molar-refractivity contribution in [2.45, 2.75) is 62.2 Å². The molecule has 4 N–H and O–H groups in total. The highest BCUT2D eigenvalue weighted by atomic mass is 16.7. The third-order valence-corrected chi connectivity index (χ3v) is 4.29. The lowest BCUT2D eigenvalue weighted by Crippen LogP contribution is -2.74. The Kier molecular flexibility index (Phi) is 3.61. The Labute approximate surface area is 115 Å². The van der Waals surface area contributed by atoms with Crippen LogP contribution in [-0.2, 0) is 19.0 Å². The van der Waals surface area contributed by atoms with Crippen molar-refractivity contribution in [3.63, 3.8) is 0 Å². The number of fused-ring (bicyclic) bond motifs is 1. The fourth-order valence-electron chi connectivity index (χ4n) is 3.37. The first-order chi connectivity index (χ1) is 9.10. The van der Waals surface area contributed by atoms with Crippen LogP contribution in [0.3, 0.4) is 0 Å². The van der Waals surface area contributed by atoms with Crippen molar-refractivity contribution in [3.8, 4) is 0 Å². The maximum Gasteiger partial charge on any atom is 0.303 e. The largest absolute Gasteiger partial charge is 0.456 e. The maximum absolute atomic E-state index is 11.3. The van der Waals surface area contributed by atoms with Gasteiger partial charge in [0, 0.05) is 26.9 Å². The first kappa shape index (κ1) is 15.6. The van der Waals surface area contributed by atoms with Crippen LogP contribution in [0.2, 0.25) is 0 Å². The number of aliphatic hydroxyl groups excluding tert-OH is 2. The van der Waals surface area contributed by atoms with Crippen molar-refractivity contribution >= 4 is 5.97 Å². The molecule has 8 heteroatoms. The van der Waals surface area contributed by atoms with Crippen molar-refractivity contribution in [3.05, 3.63) is 0 Å². The van der Waals surface area contributed by atoms with Crippen molar-refractivity contribution < 1.29 is 39.4 Å². The Bertz CT molecular complexity index is 414. The maximum atomic E-state index is 11.3. The first-order valence-corrected chi connectivity index (χ1v) is 6.29. The van der Waals surface area contributed by atoms with Crippen molar-refractivity contribution in [2.75, 3.05) is 7.11 Å². The molecule has 2 rings (SSSR count). The Morgan fingerprint density at radius 2 is 1.90 bits per heavy atom. The van der Waals surface area contributed by atoms with Gasteiger partial charge in [0.15, 0.2) is 18.2 Å². The number of aliphatic hydroxyl groups is 4. The molecule has 0 amide bonds. The van der Waals surface area contributed by atoms with E-state index in [0.717, 1.165) is 6.92 Å². The van der Waals surface area contributed by atoms with Crippen LogP contribution in [0.25, 0.3) is 0 Å². The molecule has 0 bridgehead atoms. The van der Waals surface area contributed by atoms with Gasteiger partial charge in [0.2, 0.25) is 0 Å². The molecule has 0 radical (unpaired) electrons. The molecule has 1 saturated carbocycles. The molecular weight excluding hydrogens is 272 g/mol. The van der Waals surface area contributed by atoms with Gasteiger partial charge in [-0.25, -0.2) is 0 Å². The zero-order valence-corrected chi connectivity index (χ0v) is 11.6. The molecule has 1 aliphatic carbocycles. The van der Waals surface area contributed by atoms with Gasteiger partial charge in [0.05, 0.1) is 6.10 Å². The highest BCUT2D eigenvalue weighted by Crippen LogP contribution is 2.55. The number of rotatable bonds is 2. The van der Waals surface area contributed by atoms with Crippen molar-refractivity contribution in [2.24, 2.45) is 0 Å². The number of methoxy groups -OCH3 is 1. The van der Waals surface area contributed by atoms with Gasteiger partial charge in [-0.2, -0.15) is 0 Å². The van der Waals surface area contributed by atoms with E-state index in [-0.39, 0.29) is 6.42 Å². The molecule has 20 heavy (non-hydrogen) atoms. The van der Waals surface area contributed by atoms with Gasteiger partial charge < -0.3 is 34.6 Å². The second-order valence-corrected chi connectivity index (χ2v) is 5.60. The summed E-state index contributed by atoms with van der Waals surface area (Å²) >= 11 is 0. The highest BCUT2D eigenvalue weighted by Gasteiger charge is 2.77. The predicted molar refractivity (Wildman–Crippen MR) is 63.2 cm³/mol. The van der Waals surface area contributed by atoms with Crippen LogP contribution in [0.15, 0.2) is 0 Å². The van der Waals surface area contributed by atoms with Gasteiger partial charge in [0.1, 0.15) is 11.2 Å². The molecule has 0 unspecified atom stereocenters. The van der Waals surface area contributed by atoms with E-state index >= 15 is 0 Å². The normalized spacial score (nSPS) is 51.6. The van der Waals surface area contributed by atoms with Crippen LogP contribution in [0, 0.1) is 0 Å². The quantitative estimate of drug-likeness (QED) is 0.441. The minimum atomic E-state index is -2.21. The Hall–Kier alpha value is -0.770. The van der Waals surface area contributed by atoms with E-state index in [2.05, 4.69) is 0 Å². The molecule has 6 atom stereocenters. The molecule has 8 nitrogen and oxygen atoms in total. The number of ether oxygens (including phenoxy) is 3. The zero-order valence-electron chi connectivity index (χ0n) is 11.6. The molecule has 1 aliphatic heterocycles. The third kappa shape index (κ3) is 1.80. The monoisotopic (exact) mass is 292 g/mol. The lowest BCUT2D eigenvalue weighted by Gasteiger charge is -2.52. The molecule has 2 fully saturated rings. The Balaban J connectivity index is 2.52. The van der Waals surface area contributed by atoms with E-state index in [0.29, 0.717) is 0 Å². The van der Waals surface area contributed by atoms with Gasteiger partial charge in [0.25, 0.3) is 0 Å². The van der Waals surface area contributed by atoms with E-state index in [4.69, 9.17) is 14.2 Å². The van der Waals surface area contributed by atoms with E-state index < -0.39 is 47.9 Å². The number of esters is 1. The van der Waals surface area contributed by atoms with Gasteiger partial charge in [-0.05, 0) is 6.92 Å². The van der Waals surface area contributed by atoms with Crippen LogP contribution in [-0.4, -0.2) is 69.0 Å². The molecule has 116 valence electrons. The fourth-order valence-corrected chi connectivity index (χ4v) is 3.37. The molecule has 0 aromatic rings. The number of carbonyl (C=O) groups excluding carboxylic acids is 1. The van der Waals surface area contributed by atoms with Crippen molar-refractivity contribution in [1.29, 1.82) is 0 Å².